The largest absolute Gasteiger partial charge is 0.459 e. The maximum absolute atomic E-state index is 13.2. The van der Waals surface area contributed by atoms with Gasteiger partial charge in [-0.2, -0.15) is 0 Å². The van der Waals surface area contributed by atoms with Gasteiger partial charge in [-0.1, -0.05) is 17.7 Å². The van der Waals surface area contributed by atoms with E-state index in [9.17, 15) is 14.4 Å². The Morgan fingerprint density at radius 1 is 0.943 bits per heavy atom. The molecule has 0 radical (unpaired) electrons. The van der Waals surface area contributed by atoms with E-state index in [1.54, 1.807) is 39.0 Å². The third kappa shape index (κ3) is 5.14. The van der Waals surface area contributed by atoms with Crippen LogP contribution in [0.25, 0.3) is 0 Å². The fourth-order valence-electron chi connectivity index (χ4n) is 3.68. The topological polar surface area (TPSA) is 103 Å². The molecule has 0 unspecified atom stereocenters. The van der Waals surface area contributed by atoms with E-state index < -0.39 is 11.9 Å². The maximum Gasteiger partial charge on any atom is 0.341 e. The van der Waals surface area contributed by atoms with Crippen LogP contribution < -0.4 is 20.1 Å². The zero-order valence-corrected chi connectivity index (χ0v) is 20.9. The fourth-order valence-corrected chi connectivity index (χ4v) is 4.77. The zero-order valence-electron chi connectivity index (χ0n) is 20.1. The van der Waals surface area contributed by atoms with Gasteiger partial charge in [0.25, 0.3) is 11.8 Å². The Bertz CT molecular complexity index is 1330. The van der Waals surface area contributed by atoms with Gasteiger partial charge in [0, 0.05) is 11.3 Å². The molecule has 1 aromatic heterocycles. The molecular weight excluding hydrogens is 468 g/mol. The van der Waals surface area contributed by atoms with Crippen molar-refractivity contribution in [1.82, 2.24) is 0 Å². The quantitative estimate of drug-likeness (QED) is 0.441. The van der Waals surface area contributed by atoms with E-state index in [0.29, 0.717) is 33.2 Å². The summed E-state index contributed by atoms with van der Waals surface area (Å²) >= 11 is 1.03. The van der Waals surface area contributed by atoms with Gasteiger partial charge in [0.15, 0.2) is 11.5 Å². The number of anilines is 2. The Labute approximate surface area is 207 Å². The second-order valence-electron chi connectivity index (χ2n) is 8.51. The summed E-state index contributed by atoms with van der Waals surface area (Å²) in [7, 11) is 0. The first kappa shape index (κ1) is 24.3. The molecule has 0 saturated carbocycles. The van der Waals surface area contributed by atoms with Crippen LogP contribution in [0.5, 0.6) is 11.5 Å². The smallest absolute Gasteiger partial charge is 0.341 e. The first-order valence-electron chi connectivity index (χ1n) is 11.1. The molecule has 0 saturated heterocycles. The molecule has 4 rings (SSSR count). The van der Waals surface area contributed by atoms with E-state index in [0.717, 1.165) is 22.5 Å². The summed E-state index contributed by atoms with van der Waals surface area (Å²) in [6.45, 7) is 9.11. The van der Waals surface area contributed by atoms with Crippen LogP contribution in [-0.4, -0.2) is 30.7 Å². The van der Waals surface area contributed by atoms with Gasteiger partial charge in [-0.25, -0.2) is 4.79 Å². The summed E-state index contributed by atoms with van der Waals surface area (Å²) < 4.78 is 16.0. The van der Waals surface area contributed by atoms with Crippen LogP contribution in [0.1, 0.15) is 60.9 Å². The second kappa shape index (κ2) is 9.79. The van der Waals surface area contributed by atoms with Crippen molar-refractivity contribution in [3.05, 3.63) is 69.1 Å². The third-order valence-corrected chi connectivity index (χ3v) is 6.60. The minimum absolute atomic E-state index is 0.0919. The zero-order chi connectivity index (χ0) is 25.3. The van der Waals surface area contributed by atoms with Gasteiger partial charge in [0.1, 0.15) is 5.00 Å². The van der Waals surface area contributed by atoms with Crippen molar-refractivity contribution in [2.45, 2.75) is 40.7 Å². The number of fused-ring (bicyclic) bond motifs is 1. The lowest BCUT2D eigenvalue weighted by Gasteiger charge is -2.11. The molecule has 1 aliphatic heterocycles. The number of amides is 2. The van der Waals surface area contributed by atoms with Crippen LogP contribution in [0.15, 0.2) is 36.4 Å². The van der Waals surface area contributed by atoms with Crippen molar-refractivity contribution in [3.63, 3.8) is 0 Å². The molecule has 3 aromatic rings. The summed E-state index contributed by atoms with van der Waals surface area (Å²) in [6.07, 6.45) is -0.369. The predicted molar refractivity (Wildman–Crippen MR) is 134 cm³/mol. The number of thiophene rings is 1. The Balaban J connectivity index is 1.66. The Morgan fingerprint density at radius 2 is 1.69 bits per heavy atom. The lowest BCUT2D eigenvalue weighted by molar-refractivity contribution is 0.0379. The molecule has 0 fully saturated rings. The number of carbonyl (C=O) groups is 3. The summed E-state index contributed by atoms with van der Waals surface area (Å²) in [4.78, 5) is 39.4. The van der Waals surface area contributed by atoms with Crippen LogP contribution in [0, 0.1) is 20.8 Å². The van der Waals surface area contributed by atoms with Gasteiger partial charge in [-0.15, -0.1) is 11.3 Å². The number of aryl methyl sites for hydroxylation is 2. The van der Waals surface area contributed by atoms with Crippen molar-refractivity contribution in [2.75, 3.05) is 17.4 Å². The molecule has 35 heavy (non-hydrogen) atoms. The molecule has 182 valence electrons. The van der Waals surface area contributed by atoms with Crippen molar-refractivity contribution >= 4 is 39.8 Å². The van der Waals surface area contributed by atoms with Crippen molar-refractivity contribution in [1.29, 1.82) is 0 Å². The average Bonchev–Trinajstić information content (AvgIpc) is 3.38. The van der Waals surface area contributed by atoms with Crippen molar-refractivity contribution < 1.29 is 28.6 Å². The molecule has 9 heteroatoms. The molecule has 0 aliphatic carbocycles. The van der Waals surface area contributed by atoms with E-state index in [-0.39, 0.29) is 29.4 Å². The minimum Gasteiger partial charge on any atom is -0.459 e. The van der Waals surface area contributed by atoms with Gasteiger partial charge >= 0.3 is 5.97 Å². The summed E-state index contributed by atoms with van der Waals surface area (Å²) in [5.74, 6) is -0.417. The molecule has 2 N–H and O–H groups in total. The van der Waals surface area contributed by atoms with Gasteiger partial charge in [-0.3, -0.25) is 9.59 Å². The molecule has 0 bridgehead atoms. The monoisotopic (exact) mass is 494 g/mol. The third-order valence-electron chi connectivity index (χ3n) is 5.39. The number of rotatable bonds is 6. The molecule has 0 spiro atoms. The first-order valence-corrected chi connectivity index (χ1v) is 11.9. The van der Waals surface area contributed by atoms with Crippen molar-refractivity contribution in [2.24, 2.45) is 0 Å². The highest BCUT2D eigenvalue weighted by molar-refractivity contribution is 7.19. The molecule has 2 heterocycles. The highest BCUT2D eigenvalue weighted by Gasteiger charge is 2.28. The van der Waals surface area contributed by atoms with Gasteiger partial charge in [-0.05, 0) is 70.0 Å². The maximum atomic E-state index is 13.2. The molecule has 2 amide bonds. The van der Waals surface area contributed by atoms with Gasteiger partial charge in [0.2, 0.25) is 6.79 Å². The van der Waals surface area contributed by atoms with E-state index in [1.165, 1.54) is 0 Å². The minimum atomic E-state index is -0.611. The summed E-state index contributed by atoms with van der Waals surface area (Å²) in [6, 6.07) is 10.5. The highest BCUT2D eigenvalue weighted by Crippen LogP contribution is 2.36. The van der Waals surface area contributed by atoms with Crippen LogP contribution >= 0.6 is 11.3 Å². The van der Waals surface area contributed by atoms with E-state index in [1.807, 2.05) is 32.0 Å². The first-order chi connectivity index (χ1) is 16.6. The van der Waals surface area contributed by atoms with E-state index >= 15 is 0 Å². The Morgan fingerprint density at radius 3 is 2.40 bits per heavy atom. The molecule has 0 atom stereocenters. The SMILES string of the molecule is Cc1ccc(NC(=O)c2sc(NC(=O)c3ccc4c(c3)OCO4)c(C(=O)OC(C)C)c2C)c(C)c1. The molecular formula is C26H26N2O6S. The number of esters is 1. The fraction of sp³-hybridized carbons (Fsp3) is 0.269. The van der Waals surface area contributed by atoms with Crippen LogP contribution in [0.4, 0.5) is 10.7 Å². The van der Waals surface area contributed by atoms with Crippen molar-refractivity contribution in [3.8, 4) is 11.5 Å². The second-order valence-corrected chi connectivity index (χ2v) is 9.53. The standard InChI is InChI=1S/C26H26N2O6S/c1-13(2)34-26(31)21-16(5)22(24(30)27-18-8-6-14(3)10-15(18)4)35-25(21)28-23(29)17-7-9-19-20(11-17)33-12-32-19/h6-11,13H,12H2,1-5H3,(H,27,30)(H,28,29). The average molecular weight is 495 g/mol. The van der Waals surface area contributed by atoms with Crippen LogP contribution in [0.3, 0.4) is 0 Å². The molecule has 1 aliphatic rings. The highest BCUT2D eigenvalue weighted by atomic mass is 32.1. The summed E-state index contributed by atoms with van der Waals surface area (Å²) in [5.41, 5.74) is 3.59. The number of hydrogen-bond acceptors (Lipinski definition) is 7. The van der Waals surface area contributed by atoms with E-state index in [2.05, 4.69) is 10.6 Å². The van der Waals surface area contributed by atoms with E-state index in [4.69, 9.17) is 14.2 Å². The van der Waals surface area contributed by atoms with Gasteiger partial charge < -0.3 is 24.8 Å². The normalized spacial score (nSPS) is 11.9. The number of hydrogen-bond donors (Lipinski definition) is 2. The number of benzene rings is 2. The molecule has 2 aromatic carbocycles. The summed E-state index contributed by atoms with van der Waals surface area (Å²) in [5, 5.41) is 5.92. The van der Waals surface area contributed by atoms with Gasteiger partial charge in [0.05, 0.1) is 16.5 Å². The van der Waals surface area contributed by atoms with Crippen LogP contribution in [-0.2, 0) is 4.74 Å². The number of nitrogens with one attached hydrogen (secondary N) is 2. The Hall–Kier alpha value is -3.85. The Kier molecular flexibility index (Phi) is 6.79. The number of ether oxygens (including phenoxy) is 3. The number of carbonyl (C=O) groups excluding carboxylic acids is 3. The molecule has 8 nitrogen and oxygen atoms in total. The lowest BCUT2D eigenvalue weighted by atomic mass is 10.1. The van der Waals surface area contributed by atoms with Crippen LogP contribution in [0.2, 0.25) is 0 Å². The lowest BCUT2D eigenvalue weighted by Crippen LogP contribution is -2.17. The predicted octanol–water partition coefficient (Wildman–Crippen LogP) is 5.47.